The first-order valence-corrected chi connectivity index (χ1v) is 10.7. The molecule has 0 saturated heterocycles. The molecule has 2 bridgehead atoms. The highest BCUT2D eigenvalue weighted by atomic mass is 16.5. The second kappa shape index (κ2) is 7.50. The minimum absolute atomic E-state index is 0.0497. The van der Waals surface area contributed by atoms with E-state index in [0.29, 0.717) is 17.3 Å². The van der Waals surface area contributed by atoms with Crippen LogP contribution < -0.4 is 15.0 Å². The van der Waals surface area contributed by atoms with Gasteiger partial charge in [-0.2, -0.15) is 0 Å². The van der Waals surface area contributed by atoms with E-state index in [-0.39, 0.29) is 31.2 Å². The van der Waals surface area contributed by atoms with Crippen LogP contribution in [0.5, 0.6) is 5.75 Å². The van der Waals surface area contributed by atoms with Gasteiger partial charge in [-0.25, -0.2) is 9.97 Å². The molecule has 0 spiro atoms. The van der Waals surface area contributed by atoms with E-state index in [2.05, 4.69) is 10.3 Å². The molecule has 158 valence electrons. The maximum absolute atomic E-state index is 12.6. The lowest BCUT2D eigenvalue weighted by Crippen LogP contribution is -2.68. The van der Waals surface area contributed by atoms with Gasteiger partial charge in [0, 0.05) is 36.1 Å². The lowest BCUT2D eigenvalue weighted by molar-refractivity contribution is -0.131. The van der Waals surface area contributed by atoms with Crippen molar-refractivity contribution in [1.29, 1.82) is 0 Å². The third kappa shape index (κ3) is 3.49. The number of amides is 1. The molecule has 2 N–H and O–H groups in total. The first-order chi connectivity index (χ1) is 14.5. The van der Waals surface area contributed by atoms with Crippen molar-refractivity contribution >= 4 is 11.7 Å². The van der Waals surface area contributed by atoms with Crippen molar-refractivity contribution in [3.8, 4) is 17.3 Å². The van der Waals surface area contributed by atoms with Crippen LogP contribution in [0.25, 0.3) is 11.5 Å². The number of rotatable bonds is 8. The summed E-state index contributed by atoms with van der Waals surface area (Å²) in [6.07, 6.45) is 7.93. The Morgan fingerprint density at radius 3 is 2.90 bits per heavy atom. The number of fused-ring (bicyclic) bond motifs is 1. The minimum atomic E-state index is -0.0497. The van der Waals surface area contributed by atoms with Gasteiger partial charge in [-0.05, 0) is 50.5 Å². The summed E-state index contributed by atoms with van der Waals surface area (Å²) in [6, 6.07) is 3.53. The van der Waals surface area contributed by atoms with Crippen LogP contribution in [0.15, 0.2) is 18.3 Å². The SMILES string of the molecule is CN(CC(=O)NC12CC(C1)C2)c1nc(-c2cc(OCCO)ccn2)nc2c1CCC2. The van der Waals surface area contributed by atoms with Gasteiger partial charge in [-0.1, -0.05) is 0 Å². The fourth-order valence-corrected chi connectivity index (χ4v) is 4.89. The van der Waals surface area contributed by atoms with Gasteiger partial charge in [0.1, 0.15) is 23.9 Å². The molecule has 3 fully saturated rings. The van der Waals surface area contributed by atoms with Crippen LogP contribution in [-0.4, -0.2) is 58.3 Å². The molecule has 30 heavy (non-hydrogen) atoms. The number of hydrogen-bond acceptors (Lipinski definition) is 7. The molecule has 2 aromatic rings. The smallest absolute Gasteiger partial charge is 0.239 e. The van der Waals surface area contributed by atoms with Crippen LogP contribution in [0.4, 0.5) is 5.82 Å². The first kappa shape index (κ1) is 19.2. The average Bonchev–Trinajstić information content (AvgIpc) is 3.16. The molecular formula is C22H27N5O3. The predicted octanol–water partition coefficient (Wildman–Crippen LogP) is 1.50. The number of hydrogen-bond donors (Lipinski definition) is 2. The standard InChI is InChI=1S/C22H27N5O3/c1-27(13-19(29)26-22-10-14(11-22)12-22)21-16-3-2-4-17(16)24-20(25-21)18-9-15(5-6-23-18)30-8-7-28/h5-6,9,14,28H,2-4,7-8,10-13H2,1H3,(H,26,29). The summed E-state index contributed by atoms with van der Waals surface area (Å²) in [6.45, 7) is 0.453. The van der Waals surface area contributed by atoms with Crippen molar-refractivity contribution in [3.63, 3.8) is 0 Å². The summed E-state index contributed by atoms with van der Waals surface area (Å²) in [4.78, 5) is 28.5. The zero-order chi connectivity index (χ0) is 20.7. The van der Waals surface area contributed by atoms with Crippen LogP contribution in [0.2, 0.25) is 0 Å². The lowest BCUT2D eigenvalue weighted by atomic mass is 9.50. The number of nitrogens with zero attached hydrogens (tertiary/aromatic N) is 4. The van der Waals surface area contributed by atoms with Gasteiger partial charge in [-0.15, -0.1) is 0 Å². The quantitative estimate of drug-likeness (QED) is 0.681. The van der Waals surface area contributed by atoms with E-state index in [0.717, 1.165) is 61.5 Å². The van der Waals surface area contributed by atoms with E-state index in [1.807, 2.05) is 11.9 Å². The molecule has 1 amide bonds. The fraction of sp³-hybridized carbons (Fsp3) is 0.545. The van der Waals surface area contributed by atoms with Crippen molar-refractivity contribution in [2.75, 3.05) is 31.7 Å². The molecular weight excluding hydrogens is 382 g/mol. The molecule has 3 saturated carbocycles. The number of pyridine rings is 1. The predicted molar refractivity (Wildman–Crippen MR) is 111 cm³/mol. The number of carbonyl (C=O) groups is 1. The zero-order valence-electron chi connectivity index (χ0n) is 17.2. The molecule has 0 atom stereocenters. The summed E-state index contributed by atoms with van der Waals surface area (Å²) in [7, 11) is 1.92. The molecule has 4 aliphatic rings. The number of aryl methyl sites for hydroxylation is 1. The molecule has 0 unspecified atom stereocenters. The Kier molecular flexibility index (Phi) is 4.81. The van der Waals surface area contributed by atoms with Crippen LogP contribution in [0.1, 0.15) is 36.9 Å². The van der Waals surface area contributed by atoms with E-state index in [1.54, 1.807) is 18.3 Å². The highest BCUT2D eigenvalue weighted by molar-refractivity contribution is 5.82. The summed E-state index contributed by atoms with van der Waals surface area (Å²) in [5.41, 5.74) is 2.87. The number of carbonyl (C=O) groups excluding carboxylic acids is 1. The third-order valence-electron chi connectivity index (χ3n) is 6.42. The van der Waals surface area contributed by atoms with Crippen molar-refractivity contribution < 1.29 is 14.6 Å². The number of aliphatic hydroxyl groups is 1. The highest BCUT2D eigenvalue weighted by Gasteiger charge is 2.57. The molecule has 2 heterocycles. The molecule has 8 heteroatoms. The summed E-state index contributed by atoms with van der Waals surface area (Å²) in [5.74, 6) is 2.85. The van der Waals surface area contributed by atoms with Crippen molar-refractivity contribution in [2.24, 2.45) is 5.92 Å². The normalized spacial score (nSPS) is 23.2. The van der Waals surface area contributed by atoms with Gasteiger partial charge >= 0.3 is 0 Å². The second-order valence-electron chi connectivity index (χ2n) is 8.76. The second-order valence-corrected chi connectivity index (χ2v) is 8.76. The van der Waals surface area contributed by atoms with Gasteiger partial charge in [0.25, 0.3) is 0 Å². The molecule has 0 aliphatic heterocycles. The number of likely N-dealkylation sites (N-methyl/N-ethyl adjacent to an activating group) is 1. The molecule has 2 aromatic heterocycles. The topological polar surface area (TPSA) is 100 Å². The Bertz CT molecular complexity index is 962. The van der Waals surface area contributed by atoms with Gasteiger partial charge in [0.2, 0.25) is 5.91 Å². The lowest BCUT2D eigenvalue weighted by Gasteiger charge is -2.61. The number of nitrogens with one attached hydrogen (secondary N) is 1. The summed E-state index contributed by atoms with van der Waals surface area (Å²) < 4.78 is 5.50. The molecule has 0 radical (unpaired) electrons. The Morgan fingerprint density at radius 1 is 1.33 bits per heavy atom. The number of anilines is 1. The van der Waals surface area contributed by atoms with E-state index in [9.17, 15) is 4.79 Å². The van der Waals surface area contributed by atoms with Crippen LogP contribution >= 0.6 is 0 Å². The van der Waals surface area contributed by atoms with Crippen LogP contribution in [0, 0.1) is 5.92 Å². The number of aromatic nitrogens is 3. The Balaban J connectivity index is 1.38. The third-order valence-corrected chi connectivity index (χ3v) is 6.42. The van der Waals surface area contributed by atoms with Crippen LogP contribution in [-0.2, 0) is 17.6 Å². The molecule has 0 aromatic carbocycles. The molecule has 4 aliphatic carbocycles. The zero-order valence-corrected chi connectivity index (χ0v) is 17.2. The number of ether oxygens (including phenoxy) is 1. The van der Waals surface area contributed by atoms with Crippen molar-refractivity contribution in [1.82, 2.24) is 20.3 Å². The minimum Gasteiger partial charge on any atom is -0.491 e. The van der Waals surface area contributed by atoms with E-state index >= 15 is 0 Å². The van der Waals surface area contributed by atoms with E-state index in [1.165, 1.54) is 0 Å². The van der Waals surface area contributed by atoms with Gasteiger partial charge in [0.15, 0.2) is 5.82 Å². The van der Waals surface area contributed by atoms with E-state index in [4.69, 9.17) is 19.8 Å². The Morgan fingerprint density at radius 2 is 2.17 bits per heavy atom. The van der Waals surface area contributed by atoms with Crippen molar-refractivity contribution in [3.05, 3.63) is 29.6 Å². The highest BCUT2D eigenvalue weighted by Crippen LogP contribution is 2.56. The van der Waals surface area contributed by atoms with Gasteiger partial charge in [0.05, 0.1) is 13.2 Å². The maximum Gasteiger partial charge on any atom is 0.239 e. The average molecular weight is 409 g/mol. The molecule has 6 rings (SSSR count). The Labute approximate surface area is 175 Å². The largest absolute Gasteiger partial charge is 0.491 e. The Hall–Kier alpha value is -2.74. The maximum atomic E-state index is 12.6. The summed E-state index contributed by atoms with van der Waals surface area (Å²) >= 11 is 0. The molecule has 8 nitrogen and oxygen atoms in total. The van der Waals surface area contributed by atoms with E-state index < -0.39 is 0 Å². The van der Waals surface area contributed by atoms with Crippen molar-refractivity contribution in [2.45, 2.75) is 44.1 Å². The van der Waals surface area contributed by atoms with Gasteiger partial charge in [-0.3, -0.25) is 9.78 Å². The van der Waals surface area contributed by atoms with Crippen LogP contribution in [0.3, 0.4) is 0 Å². The first-order valence-electron chi connectivity index (χ1n) is 10.7. The summed E-state index contributed by atoms with van der Waals surface area (Å²) in [5, 5.41) is 12.2. The number of aliphatic hydroxyl groups excluding tert-OH is 1. The van der Waals surface area contributed by atoms with Gasteiger partial charge < -0.3 is 20.1 Å². The fourth-order valence-electron chi connectivity index (χ4n) is 4.89. The monoisotopic (exact) mass is 409 g/mol.